The number of hydrazine groups is 1. The van der Waals surface area contributed by atoms with Gasteiger partial charge in [-0.05, 0) is 55.5 Å². The third kappa shape index (κ3) is 6.08. The molecule has 3 rings (SSSR count). The number of nitrogens with zero attached hydrogens (tertiary/aromatic N) is 4. The van der Waals surface area contributed by atoms with E-state index in [-0.39, 0.29) is 24.1 Å². The Morgan fingerprint density at radius 1 is 1.03 bits per heavy atom. The Hall–Kier alpha value is -3.65. The molecule has 0 radical (unpaired) electrons. The van der Waals surface area contributed by atoms with Gasteiger partial charge >= 0.3 is 0 Å². The predicted molar refractivity (Wildman–Crippen MR) is 140 cm³/mol. The monoisotopic (exact) mass is 476 g/mol. The molecule has 8 heteroatoms. The molecule has 3 aromatic rings. The molecule has 1 amide bonds. The Labute approximate surface area is 207 Å². The SMILES string of the molecule is CCCCc1ccc(C(=O)c2c(CC)cc3cc(C(=O)N(CC)C/C(N)=N/N(C)N)ccn23)cc1. The number of hydrazone groups is 1. The molecule has 2 heterocycles. The molecule has 0 fully saturated rings. The molecule has 0 spiro atoms. The average molecular weight is 477 g/mol. The number of fused-ring (bicyclic) bond motifs is 1. The van der Waals surface area contributed by atoms with Crippen molar-refractivity contribution in [3.8, 4) is 0 Å². The van der Waals surface area contributed by atoms with Crippen molar-refractivity contribution in [1.29, 1.82) is 0 Å². The summed E-state index contributed by atoms with van der Waals surface area (Å²) in [4.78, 5) is 28.2. The number of unbranched alkanes of at least 4 members (excludes halogenated alkanes) is 1. The van der Waals surface area contributed by atoms with E-state index in [4.69, 9.17) is 11.6 Å². The number of rotatable bonds is 11. The number of pyridine rings is 1. The molecule has 8 nitrogen and oxygen atoms in total. The number of ketones is 1. The molecule has 0 unspecified atom stereocenters. The molecule has 0 aliphatic heterocycles. The maximum Gasteiger partial charge on any atom is 0.254 e. The fourth-order valence-electron chi connectivity index (χ4n) is 4.17. The molecule has 0 bridgehead atoms. The van der Waals surface area contributed by atoms with E-state index in [1.54, 1.807) is 24.2 Å². The molecule has 0 aliphatic carbocycles. The van der Waals surface area contributed by atoms with Crippen LogP contribution in [0.1, 0.15) is 71.1 Å². The summed E-state index contributed by atoms with van der Waals surface area (Å²) in [6, 6.07) is 13.4. The summed E-state index contributed by atoms with van der Waals surface area (Å²) in [5, 5.41) is 5.07. The fraction of sp³-hybridized carbons (Fsp3) is 0.370. The van der Waals surface area contributed by atoms with Crippen LogP contribution in [0.4, 0.5) is 0 Å². The third-order valence-electron chi connectivity index (χ3n) is 6.04. The zero-order valence-corrected chi connectivity index (χ0v) is 21.1. The van der Waals surface area contributed by atoms with Gasteiger partial charge in [0.25, 0.3) is 5.91 Å². The summed E-state index contributed by atoms with van der Waals surface area (Å²) in [7, 11) is 1.57. The van der Waals surface area contributed by atoms with Gasteiger partial charge in [-0.3, -0.25) is 9.59 Å². The lowest BCUT2D eigenvalue weighted by atomic mass is 10.0. The lowest BCUT2D eigenvalue weighted by molar-refractivity contribution is 0.0786. The van der Waals surface area contributed by atoms with Crippen molar-refractivity contribution in [2.24, 2.45) is 16.7 Å². The average Bonchev–Trinajstić information content (AvgIpc) is 3.22. The van der Waals surface area contributed by atoms with E-state index in [9.17, 15) is 9.59 Å². The largest absolute Gasteiger partial charge is 0.384 e. The lowest BCUT2D eigenvalue weighted by Crippen LogP contribution is -2.40. The normalized spacial score (nSPS) is 11.6. The second-order valence-corrected chi connectivity index (χ2v) is 8.70. The summed E-state index contributed by atoms with van der Waals surface area (Å²) < 4.78 is 1.87. The number of hydrogen-bond donors (Lipinski definition) is 2. The molecule has 35 heavy (non-hydrogen) atoms. The second kappa shape index (κ2) is 11.7. The highest BCUT2D eigenvalue weighted by molar-refractivity contribution is 6.10. The molecule has 0 saturated heterocycles. The summed E-state index contributed by atoms with van der Waals surface area (Å²) in [6.45, 7) is 6.72. The first kappa shape index (κ1) is 26.0. The van der Waals surface area contributed by atoms with Gasteiger partial charge in [-0.1, -0.05) is 44.5 Å². The number of amidine groups is 1. The summed E-state index contributed by atoms with van der Waals surface area (Å²) in [5.74, 6) is 5.58. The van der Waals surface area contributed by atoms with E-state index in [0.717, 1.165) is 35.5 Å². The Morgan fingerprint density at radius 3 is 2.34 bits per heavy atom. The molecule has 2 aromatic heterocycles. The zero-order valence-electron chi connectivity index (χ0n) is 21.1. The van der Waals surface area contributed by atoms with Crippen molar-refractivity contribution >= 4 is 23.0 Å². The Kier molecular flexibility index (Phi) is 8.65. The second-order valence-electron chi connectivity index (χ2n) is 8.70. The Balaban J connectivity index is 1.91. The van der Waals surface area contributed by atoms with Gasteiger partial charge in [0, 0.05) is 36.4 Å². The minimum atomic E-state index is -0.164. The maximum atomic E-state index is 13.5. The number of benzene rings is 1. The number of hydrogen-bond acceptors (Lipinski definition) is 5. The zero-order chi connectivity index (χ0) is 25.5. The molecular weight excluding hydrogens is 440 g/mol. The quantitative estimate of drug-likeness (QED) is 0.144. The van der Waals surface area contributed by atoms with Crippen LogP contribution in [-0.2, 0) is 12.8 Å². The topological polar surface area (TPSA) is 109 Å². The van der Waals surface area contributed by atoms with Gasteiger partial charge in [0.15, 0.2) is 0 Å². The highest BCUT2D eigenvalue weighted by Gasteiger charge is 2.21. The number of amides is 1. The highest BCUT2D eigenvalue weighted by atomic mass is 16.2. The fourth-order valence-corrected chi connectivity index (χ4v) is 4.17. The highest BCUT2D eigenvalue weighted by Crippen LogP contribution is 2.23. The molecule has 0 saturated carbocycles. The van der Waals surface area contributed by atoms with Gasteiger partial charge in [-0.25, -0.2) is 11.0 Å². The third-order valence-corrected chi connectivity index (χ3v) is 6.04. The Morgan fingerprint density at radius 2 is 1.74 bits per heavy atom. The summed E-state index contributed by atoms with van der Waals surface area (Å²) in [6.07, 6.45) is 5.80. The van der Waals surface area contributed by atoms with Crippen LogP contribution in [0, 0.1) is 0 Å². The van der Waals surface area contributed by atoms with Crippen LogP contribution in [0.3, 0.4) is 0 Å². The Bertz CT molecular complexity index is 1210. The van der Waals surface area contributed by atoms with Gasteiger partial charge in [-0.15, -0.1) is 5.10 Å². The van der Waals surface area contributed by atoms with Crippen molar-refractivity contribution in [1.82, 2.24) is 14.4 Å². The lowest BCUT2D eigenvalue weighted by Gasteiger charge is -2.21. The molecular formula is C27H36N6O2. The number of aromatic nitrogens is 1. The minimum Gasteiger partial charge on any atom is -0.384 e. The number of aryl methyl sites for hydroxylation is 2. The van der Waals surface area contributed by atoms with Crippen LogP contribution in [0.25, 0.3) is 5.52 Å². The van der Waals surface area contributed by atoms with E-state index in [2.05, 4.69) is 12.0 Å². The number of carbonyl (C=O) groups excluding carboxylic acids is 2. The van der Waals surface area contributed by atoms with Gasteiger partial charge in [0.1, 0.15) is 5.84 Å². The van der Waals surface area contributed by atoms with Crippen molar-refractivity contribution in [3.05, 3.63) is 76.6 Å². The molecule has 1 aromatic carbocycles. The van der Waals surface area contributed by atoms with Crippen molar-refractivity contribution < 1.29 is 9.59 Å². The molecule has 186 valence electrons. The predicted octanol–water partition coefficient (Wildman–Crippen LogP) is 3.62. The van der Waals surface area contributed by atoms with Gasteiger partial charge in [-0.2, -0.15) is 0 Å². The van der Waals surface area contributed by atoms with Crippen LogP contribution >= 0.6 is 0 Å². The van der Waals surface area contributed by atoms with Gasteiger partial charge < -0.3 is 15.0 Å². The van der Waals surface area contributed by atoms with E-state index in [1.165, 1.54) is 5.56 Å². The summed E-state index contributed by atoms with van der Waals surface area (Å²) in [5.41, 5.74) is 10.7. The smallest absolute Gasteiger partial charge is 0.254 e. The van der Waals surface area contributed by atoms with Crippen molar-refractivity contribution in [3.63, 3.8) is 0 Å². The van der Waals surface area contributed by atoms with Crippen LogP contribution in [0.15, 0.2) is 53.8 Å². The number of likely N-dealkylation sites (N-methyl/N-ethyl adjacent to an activating group) is 1. The van der Waals surface area contributed by atoms with Crippen LogP contribution in [-0.4, -0.2) is 52.1 Å². The number of carbonyl (C=O) groups is 2. The maximum absolute atomic E-state index is 13.5. The molecule has 0 atom stereocenters. The van der Waals surface area contributed by atoms with Crippen LogP contribution < -0.4 is 11.6 Å². The van der Waals surface area contributed by atoms with E-state index >= 15 is 0 Å². The van der Waals surface area contributed by atoms with Gasteiger partial charge in [0.05, 0.1) is 12.2 Å². The van der Waals surface area contributed by atoms with Crippen molar-refractivity contribution in [2.45, 2.75) is 46.5 Å². The number of nitrogens with two attached hydrogens (primary N) is 2. The first-order valence-corrected chi connectivity index (χ1v) is 12.2. The first-order valence-electron chi connectivity index (χ1n) is 12.2. The van der Waals surface area contributed by atoms with Crippen LogP contribution in [0.2, 0.25) is 0 Å². The van der Waals surface area contributed by atoms with Gasteiger partial charge in [0.2, 0.25) is 5.78 Å². The van der Waals surface area contributed by atoms with E-state index in [0.29, 0.717) is 29.8 Å². The molecule has 0 aliphatic rings. The summed E-state index contributed by atoms with van der Waals surface area (Å²) >= 11 is 0. The van der Waals surface area contributed by atoms with E-state index < -0.39 is 0 Å². The standard InChI is InChI=1S/C27H36N6O2/c1-5-8-9-19-10-12-21(13-11-19)26(34)25-20(6-2)16-23-17-22(14-15-33(23)25)27(35)32(7-3)18-24(28)30-31(4)29/h10-17H,5-9,18,29H2,1-4H3,(H2,28,30). The van der Waals surface area contributed by atoms with E-state index in [1.807, 2.05) is 54.6 Å². The van der Waals surface area contributed by atoms with Crippen molar-refractivity contribution in [2.75, 3.05) is 20.1 Å². The molecule has 4 N–H and O–H groups in total. The first-order chi connectivity index (χ1) is 16.8. The van der Waals surface area contributed by atoms with Crippen LogP contribution in [0.5, 0.6) is 0 Å². The minimum absolute atomic E-state index is 0.0203.